The Bertz CT molecular complexity index is 488. The molecule has 21 heavy (non-hydrogen) atoms. The van der Waals surface area contributed by atoms with Crippen LogP contribution < -0.4 is 4.72 Å². The van der Waals surface area contributed by atoms with Gasteiger partial charge in [0, 0.05) is 17.6 Å². The highest BCUT2D eigenvalue weighted by molar-refractivity contribution is 7.90. The Balaban J connectivity index is 2.73. The highest BCUT2D eigenvalue weighted by Gasteiger charge is 2.29. The molecule has 2 atom stereocenters. The first-order valence-corrected chi connectivity index (χ1v) is 8.02. The molecule has 0 fully saturated rings. The molecule has 0 spiro atoms. The van der Waals surface area contributed by atoms with Crippen molar-refractivity contribution in [2.75, 3.05) is 0 Å². The lowest BCUT2D eigenvalue weighted by Gasteiger charge is -2.25. The van der Waals surface area contributed by atoms with Crippen LogP contribution in [0.5, 0.6) is 0 Å². The molecule has 0 aromatic carbocycles. The van der Waals surface area contributed by atoms with E-state index < -0.39 is 23.1 Å². The van der Waals surface area contributed by atoms with Gasteiger partial charge >= 0.3 is 6.09 Å². The number of ether oxygens (including phenoxy) is 1. The first kappa shape index (κ1) is 18.0. The fourth-order valence-electron chi connectivity index (χ4n) is 1.38. The summed E-state index contributed by atoms with van der Waals surface area (Å²) < 4.78 is 21.1. The molecule has 120 valence electrons. The molecule has 2 unspecified atom stereocenters. The fourth-order valence-corrected chi connectivity index (χ4v) is 2.17. The second-order valence-corrected chi connectivity index (χ2v) is 8.88. The normalized spacial score (nSPS) is 15.6. The molecule has 0 amide bonds. The van der Waals surface area contributed by atoms with Gasteiger partial charge in [0.25, 0.3) is 0 Å². The molecule has 7 heteroatoms. The van der Waals surface area contributed by atoms with Crippen molar-refractivity contribution in [1.29, 1.82) is 0 Å². The van der Waals surface area contributed by atoms with Gasteiger partial charge in [-0.25, -0.2) is 4.79 Å². The number of nitrogens with one attached hydrogen (secondary N) is 1. The summed E-state index contributed by atoms with van der Waals surface area (Å²) in [6.07, 6.45) is 1.01. The average molecular weight is 315 g/mol. The maximum Gasteiger partial charge on any atom is 0.435 e. The summed E-state index contributed by atoms with van der Waals surface area (Å²) >= 11 is -1.20. The summed E-state index contributed by atoms with van der Waals surface area (Å²) in [4.78, 5) is 11.9. The van der Waals surface area contributed by atoms with Crippen LogP contribution in [0.2, 0.25) is 0 Å². The number of nitrogens with zero attached hydrogens (tertiary/aromatic N) is 2. The number of rotatable bonds is 3. The van der Waals surface area contributed by atoms with Crippen molar-refractivity contribution in [2.45, 2.75) is 64.9 Å². The topological polar surface area (TPSA) is 79.2 Å². The van der Waals surface area contributed by atoms with Crippen LogP contribution in [0, 0.1) is 0 Å². The van der Waals surface area contributed by atoms with Crippen LogP contribution in [0.1, 0.15) is 60.2 Å². The van der Waals surface area contributed by atoms with Gasteiger partial charge in [-0.05, 0) is 54.5 Å². The van der Waals surface area contributed by atoms with E-state index in [2.05, 4.69) is 9.82 Å². The van der Waals surface area contributed by atoms with Crippen molar-refractivity contribution in [1.82, 2.24) is 14.5 Å². The molecule has 0 aliphatic rings. The van der Waals surface area contributed by atoms with Crippen LogP contribution in [0.3, 0.4) is 0 Å². The van der Waals surface area contributed by atoms with E-state index >= 15 is 0 Å². The van der Waals surface area contributed by atoms with E-state index in [1.807, 2.05) is 27.7 Å². The van der Waals surface area contributed by atoms with Gasteiger partial charge in [-0.1, -0.05) is 0 Å². The molecule has 0 aliphatic carbocycles. The van der Waals surface area contributed by atoms with Gasteiger partial charge in [0.15, 0.2) is 0 Å². The predicted octanol–water partition coefficient (Wildman–Crippen LogP) is 2.78. The van der Waals surface area contributed by atoms with Crippen molar-refractivity contribution in [3.05, 3.63) is 18.0 Å². The minimum atomic E-state index is -1.20. The standard InChI is InChI=1S/C14H25N3O3S/c1-10(16-21(19)14(5,6)7)11-8-9-17(15-11)12(18)20-13(2,3)4/h8-10,16H,1-7H3. The largest absolute Gasteiger partial charge is 0.598 e. The van der Waals surface area contributed by atoms with Crippen molar-refractivity contribution in [2.24, 2.45) is 0 Å². The lowest BCUT2D eigenvalue weighted by Crippen LogP contribution is -2.40. The third kappa shape index (κ3) is 5.68. The molecule has 1 aromatic rings. The number of carbonyl (C=O) groups excluding carboxylic acids is 1. The van der Waals surface area contributed by atoms with Gasteiger partial charge in [-0.2, -0.15) is 9.78 Å². The monoisotopic (exact) mass is 315 g/mol. The van der Waals surface area contributed by atoms with Crippen LogP contribution in [0.25, 0.3) is 0 Å². The Morgan fingerprint density at radius 3 is 2.43 bits per heavy atom. The van der Waals surface area contributed by atoms with Crippen molar-refractivity contribution in [3.8, 4) is 0 Å². The molecule has 1 N–H and O–H groups in total. The summed E-state index contributed by atoms with van der Waals surface area (Å²) in [6, 6.07) is 1.48. The van der Waals surface area contributed by atoms with Crippen LogP contribution in [-0.2, 0) is 16.1 Å². The van der Waals surface area contributed by atoms with Crippen LogP contribution in [0.4, 0.5) is 4.79 Å². The Kier molecular flexibility index (Phi) is 5.46. The van der Waals surface area contributed by atoms with Crippen LogP contribution in [0.15, 0.2) is 12.3 Å². The van der Waals surface area contributed by atoms with Gasteiger partial charge < -0.3 is 9.29 Å². The lowest BCUT2D eigenvalue weighted by molar-refractivity contribution is 0.0513. The molecule has 0 bridgehead atoms. The van der Waals surface area contributed by atoms with Crippen molar-refractivity contribution in [3.63, 3.8) is 0 Å². The zero-order valence-electron chi connectivity index (χ0n) is 13.8. The lowest BCUT2D eigenvalue weighted by atomic mass is 10.2. The summed E-state index contributed by atoms with van der Waals surface area (Å²) in [6.45, 7) is 12.9. The third-order valence-corrected chi connectivity index (χ3v) is 4.15. The Labute approximate surface area is 129 Å². The molecule has 1 heterocycles. The summed E-state index contributed by atoms with van der Waals surface area (Å²) in [5.41, 5.74) is 0.0688. The first-order valence-electron chi connectivity index (χ1n) is 6.87. The molecular formula is C14H25N3O3S. The molecule has 6 nitrogen and oxygen atoms in total. The molecule has 0 radical (unpaired) electrons. The molecule has 1 rings (SSSR count). The zero-order chi connectivity index (χ0) is 16.4. The van der Waals surface area contributed by atoms with Gasteiger partial charge in [0.05, 0.1) is 11.7 Å². The minimum absolute atomic E-state index is 0.228. The highest BCUT2D eigenvalue weighted by atomic mass is 32.2. The van der Waals surface area contributed by atoms with E-state index in [4.69, 9.17) is 4.74 Å². The maximum absolute atomic E-state index is 12.1. The highest BCUT2D eigenvalue weighted by Crippen LogP contribution is 2.18. The van der Waals surface area contributed by atoms with E-state index in [1.54, 1.807) is 33.0 Å². The summed E-state index contributed by atoms with van der Waals surface area (Å²) in [5.74, 6) is 0. The van der Waals surface area contributed by atoms with Crippen LogP contribution >= 0.6 is 0 Å². The second-order valence-electron chi connectivity index (χ2n) is 6.89. The van der Waals surface area contributed by atoms with E-state index in [-0.39, 0.29) is 10.8 Å². The Morgan fingerprint density at radius 1 is 1.38 bits per heavy atom. The van der Waals surface area contributed by atoms with Gasteiger partial charge in [-0.15, -0.1) is 4.72 Å². The van der Waals surface area contributed by atoms with Crippen molar-refractivity contribution < 1.29 is 14.1 Å². The fraction of sp³-hybridized carbons (Fsp3) is 0.714. The Hall–Kier alpha value is -1.05. The van der Waals surface area contributed by atoms with E-state index in [0.717, 1.165) is 4.68 Å². The zero-order valence-corrected chi connectivity index (χ0v) is 14.6. The van der Waals surface area contributed by atoms with E-state index in [1.165, 1.54) is 0 Å². The summed E-state index contributed by atoms with van der Waals surface area (Å²) in [5, 5.41) is 4.17. The van der Waals surface area contributed by atoms with Gasteiger partial charge in [0.2, 0.25) is 0 Å². The maximum atomic E-state index is 12.1. The number of carbonyl (C=O) groups is 1. The molecule has 0 aliphatic heterocycles. The molecule has 1 aromatic heterocycles. The third-order valence-electron chi connectivity index (χ3n) is 2.47. The van der Waals surface area contributed by atoms with Crippen LogP contribution in [-0.4, -0.2) is 30.8 Å². The first-order chi connectivity index (χ1) is 9.40. The molecule has 0 saturated carbocycles. The van der Waals surface area contributed by atoms with E-state index in [0.29, 0.717) is 5.69 Å². The number of aromatic nitrogens is 2. The van der Waals surface area contributed by atoms with Gasteiger partial charge in [-0.3, -0.25) is 0 Å². The SMILES string of the molecule is CC(N[S+]([O-])C(C)(C)C)c1ccn(C(=O)OC(C)(C)C)n1. The smallest absolute Gasteiger partial charge is 0.435 e. The minimum Gasteiger partial charge on any atom is -0.598 e. The van der Waals surface area contributed by atoms with Crippen molar-refractivity contribution >= 4 is 17.5 Å². The number of hydrogen-bond acceptors (Lipinski definition) is 5. The molecular weight excluding hydrogens is 290 g/mol. The predicted molar refractivity (Wildman–Crippen MR) is 83.3 cm³/mol. The van der Waals surface area contributed by atoms with E-state index in [9.17, 15) is 9.35 Å². The quantitative estimate of drug-likeness (QED) is 0.868. The van der Waals surface area contributed by atoms with Gasteiger partial charge in [0.1, 0.15) is 10.3 Å². The molecule has 0 saturated heterocycles. The average Bonchev–Trinajstić information content (AvgIpc) is 2.74. The number of hydrogen-bond donors (Lipinski definition) is 1. The second kappa shape index (κ2) is 6.37. The summed E-state index contributed by atoms with van der Waals surface area (Å²) in [7, 11) is 0. The Morgan fingerprint density at radius 2 is 1.95 bits per heavy atom.